The lowest BCUT2D eigenvalue weighted by atomic mass is 9.85. The molecular formula is C15H24O2. The van der Waals surface area contributed by atoms with Gasteiger partial charge in [0.1, 0.15) is 5.75 Å². The van der Waals surface area contributed by atoms with Gasteiger partial charge in [-0.2, -0.15) is 0 Å². The number of aliphatic hydroxyl groups is 1. The van der Waals surface area contributed by atoms with Gasteiger partial charge in [-0.05, 0) is 36.5 Å². The van der Waals surface area contributed by atoms with E-state index in [1.54, 1.807) is 7.11 Å². The van der Waals surface area contributed by atoms with Crippen molar-refractivity contribution in [1.82, 2.24) is 0 Å². The average molecular weight is 236 g/mol. The molecule has 0 bridgehead atoms. The fraction of sp³-hybridized carbons (Fsp3) is 0.600. The van der Waals surface area contributed by atoms with Crippen molar-refractivity contribution in [2.45, 2.75) is 46.1 Å². The summed E-state index contributed by atoms with van der Waals surface area (Å²) < 4.78 is 5.36. The van der Waals surface area contributed by atoms with Gasteiger partial charge >= 0.3 is 0 Å². The van der Waals surface area contributed by atoms with Crippen LogP contribution in [-0.2, 0) is 12.8 Å². The van der Waals surface area contributed by atoms with Crippen LogP contribution >= 0.6 is 0 Å². The second-order valence-electron chi connectivity index (χ2n) is 5.19. The summed E-state index contributed by atoms with van der Waals surface area (Å²) in [4.78, 5) is 0. The maximum Gasteiger partial charge on any atom is 0.122 e. The summed E-state index contributed by atoms with van der Waals surface area (Å²) in [7, 11) is 1.68. The molecule has 2 heteroatoms. The molecule has 0 spiro atoms. The Kier molecular flexibility index (Phi) is 4.58. The van der Waals surface area contributed by atoms with E-state index in [0.29, 0.717) is 6.42 Å². The summed E-state index contributed by atoms with van der Waals surface area (Å²) in [6.07, 6.45) is 1.63. The van der Waals surface area contributed by atoms with Crippen molar-refractivity contribution >= 4 is 0 Å². The van der Waals surface area contributed by atoms with E-state index in [-0.39, 0.29) is 5.92 Å². The van der Waals surface area contributed by atoms with Crippen molar-refractivity contribution in [3.8, 4) is 5.75 Å². The zero-order valence-electron chi connectivity index (χ0n) is 11.6. The van der Waals surface area contributed by atoms with E-state index in [1.165, 1.54) is 5.56 Å². The third kappa shape index (κ3) is 3.47. The summed E-state index contributed by atoms with van der Waals surface area (Å²) in [6, 6.07) is 6.20. The first kappa shape index (κ1) is 14.0. The highest BCUT2D eigenvalue weighted by molar-refractivity contribution is 5.38. The molecule has 1 atom stereocenters. The highest BCUT2D eigenvalue weighted by atomic mass is 16.5. The van der Waals surface area contributed by atoms with Crippen LogP contribution in [0.5, 0.6) is 5.75 Å². The molecule has 0 aliphatic rings. The second kappa shape index (κ2) is 5.54. The molecule has 0 saturated heterocycles. The van der Waals surface area contributed by atoms with Crippen LogP contribution in [0.25, 0.3) is 0 Å². The molecule has 17 heavy (non-hydrogen) atoms. The summed E-state index contributed by atoms with van der Waals surface area (Å²) >= 11 is 0. The van der Waals surface area contributed by atoms with Gasteiger partial charge in [0.2, 0.25) is 0 Å². The summed E-state index contributed by atoms with van der Waals surface area (Å²) in [5.41, 5.74) is 1.67. The standard InChI is InChI=1S/C15H24O2/c1-6-12-7-8-14(17-5)13(9-12)10-15(4,16)11(2)3/h7-9,11,16H,6,10H2,1-5H3. The fourth-order valence-electron chi connectivity index (χ4n) is 1.78. The first-order chi connectivity index (χ1) is 7.90. The molecule has 0 saturated carbocycles. The topological polar surface area (TPSA) is 29.5 Å². The molecule has 0 heterocycles. The van der Waals surface area contributed by atoms with Crippen LogP contribution in [0, 0.1) is 5.92 Å². The van der Waals surface area contributed by atoms with Crippen molar-refractivity contribution in [2.75, 3.05) is 7.11 Å². The van der Waals surface area contributed by atoms with Gasteiger partial charge in [-0.15, -0.1) is 0 Å². The third-order valence-corrected chi connectivity index (χ3v) is 3.55. The number of benzene rings is 1. The smallest absolute Gasteiger partial charge is 0.122 e. The number of hydrogen-bond acceptors (Lipinski definition) is 2. The molecule has 2 nitrogen and oxygen atoms in total. The molecular weight excluding hydrogens is 212 g/mol. The molecule has 1 aromatic carbocycles. The monoisotopic (exact) mass is 236 g/mol. The Labute approximate surface area is 105 Å². The van der Waals surface area contributed by atoms with E-state index in [1.807, 2.05) is 26.8 Å². The van der Waals surface area contributed by atoms with E-state index in [4.69, 9.17) is 4.74 Å². The quantitative estimate of drug-likeness (QED) is 0.850. The van der Waals surface area contributed by atoms with E-state index >= 15 is 0 Å². The Morgan fingerprint density at radius 3 is 2.47 bits per heavy atom. The number of rotatable bonds is 5. The van der Waals surface area contributed by atoms with E-state index in [2.05, 4.69) is 19.1 Å². The van der Waals surface area contributed by atoms with Crippen LogP contribution < -0.4 is 4.74 Å². The van der Waals surface area contributed by atoms with Crippen LogP contribution in [0.4, 0.5) is 0 Å². The predicted molar refractivity (Wildman–Crippen MR) is 71.5 cm³/mol. The molecule has 0 amide bonds. The largest absolute Gasteiger partial charge is 0.496 e. The Morgan fingerprint density at radius 1 is 1.35 bits per heavy atom. The number of ether oxygens (including phenoxy) is 1. The van der Waals surface area contributed by atoms with Gasteiger partial charge in [0.25, 0.3) is 0 Å². The Hall–Kier alpha value is -1.02. The SMILES string of the molecule is CCc1ccc(OC)c(CC(C)(O)C(C)C)c1. The molecule has 0 fully saturated rings. The molecule has 0 radical (unpaired) electrons. The van der Waals surface area contributed by atoms with Gasteiger partial charge < -0.3 is 9.84 Å². The third-order valence-electron chi connectivity index (χ3n) is 3.55. The lowest BCUT2D eigenvalue weighted by molar-refractivity contribution is 0.0135. The Morgan fingerprint density at radius 2 is 2.00 bits per heavy atom. The van der Waals surface area contributed by atoms with E-state index in [0.717, 1.165) is 17.7 Å². The molecule has 1 unspecified atom stereocenters. The summed E-state index contributed by atoms with van der Waals surface area (Å²) in [5, 5.41) is 10.4. The summed E-state index contributed by atoms with van der Waals surface area (Å²) in [6.45, 7) is 8.09. The zero-order valence-corrected chi connectivity index (χ0v) is 11.6. The van der Waals surface area contributed by atoms with Gasteiger partial charge in [-0.1, -0.05) is 32.9 Å². The van der Waals surface area contributed by atoms with Crippen LogP contribution in [0.1, 0.15) is 38.8 Å². The van der Waals surface area contributed by atoms with E-state index in [9.17, 15) is 5.11 Å². The minimum Gasteiger partial charge on any atom is -0.496 e. The molecule has 96 valence electrons. The molecule has 0 aliphatic heterocycles. The average Bonchev–Trinajstić information content (AvgIpc) is 2.28. The van der Waals surface area contributed by atoms with Crippen molar-refractivity contribution in [1.29, 1.82) is 0 Å². The molecule has 1 N–H and O–H groups in total. The minimum atomic E-state index is -0.695. The van der Waals surface area contributed by atoms with Gasteiger partial charge in [0.15, 0.2) is 0 Å². The second-order valence-corrected chi connectivity index (χ2v) is 5.19. The first-order valence-corrected chi connectivity index (χ1v) is 6.29. The van der Waals surface area contributed by atoms with Crippen molar-refractivity contribution in [3.63, 3.8) is 0 Å². The van der Waals surface area contributed by atoms with Crippen LogP contribution in [0.15, 0.2) is 18.2 Å². The summed E-state index contributed by atoms with van der Waals surface area (Å²) in [5.74, 6) is 1.08. The lowest BCUT2D eigenvalue weighted by Crippen LogP contribution is -2.33. The Balaban J connectivity index is 3.03. The molecule has 0 aromatic heterocycles. The van der Waals surface area contributed by atoms with Gasteiger partial charge in [-0.3, -0.25) is 0 Å². The highest BCUT2D eigenvalue weighted by Crippen LogP contribution is 2.28. The van der Waals surface area contributed by atoms with Crippen molar-refractivity contribution < 1.29 is 9.84 Å². The van der Waals surface area contributed by atoms with Gasteiger partial charge in [-0.25, -0.2) is 0 Å². The van der Waals surface area contributed by atoms with Crippen LogP contribution in [0.3, 0.4) is 0 Å². The van der Waals surface area contributed by atoms with Crippen LogP contribution in [-0.4, -0.2) is 17.8 Å². The maximum absolute atomic E-state index is 10.4. The molecule has 1 rings (SSSR count). The highest BCUT2D eigenvalue weighted by Gasteiger charge is 2.26. The van der Waals surface area contributed by atoms with Crippen molar-refractivity contribution in [2.24, 2.45) is 5.92 Å². The number of aryl methyl sites for hydroxylation is 1. The normalized spacial score (nSPS) is 14.8. The van der Waals surface area contributed by atoms with Gasteiger partial charge in [0.05, 0.1) is 12.7 Å². The number of methoxy groups -OCH3 is 1. The van der Waals surface area contributed by atoms with Gasteiger partial charge in [0, 0.05) is 6.42 Å². The number of hydrogen-bond donors (Lipinski definition) is 1. The van der Waals surface area contributed by atoms with Crippen LogP contribution in [0.2, 0.25) is 0 Å². The zero-order chi connectivity index (χ0) is 13.1. The maximum atomic E-state index is 10.4. The van der Waals surface area contributed by atoms with Crippen molar-refractivity contribution in [3.05, 3.63) is 29.3 Å². The fourth-order valence-corrected chi connectivity index (χ4v) is 1.78. The predicted octanol–water partition coefficient (Wildman–Crippen LogP) is 3.21. The Bertz CT molecular complexity index is 367. The van der Waals surface area contributed by atoms with E-state index < -0.39 is 5.60 Å². The minimum absolute atomic E-state index is 0.220. The lowest BCUT2D eigenvalue weighted by Gasteiger charge is -2.28. The molecule has 1 aromatic rings. The molecule has 0 aliphatic carbocycles. The first-order valence-electron chi connectivity index (χ1n) is 6.29.